The first kappa shape index (κ1) is 18.1. The molecular formula is C19H18N4O4. The van der Waals surface area contributed by atoms with Crippen molar-refractivity contribution in [2.45, 2.75) is 6.42 Å². The topological polar surface area (TPSA) is 117 Å². The predicted octanol–water partition coefficient (Wildman–Crippen LogP) is 1.99. The van der Waals surface area contributed by atoms with E-state index in [1.807, 2.05) is 30.3 Å². The van der Waals surface area contributed by atoms with Gasteiger partial charge < -0.3 is 20.3 Å². The highest BCUT2D eigenvalue weighted by Gasteiger charge is 2.13. The molecule has 0 spiro atoms. The van der Waals surface area contributed by atoms with Gasteiger partial charge in [0.1, 0.15) is 5.75 Å². The molecule has 0 unspecified atom stereocenters. The number of carbonyl (C=O) groups is 2. The van der Waals surface area contributed by atoms with Crippen molar-refractivity contribution in [3.63, 3.8) is 0 Å². The lowest BCUT2D eigenvalue weighted by atomic mass is 10.1. The van der Waals surface area contributed by atoms with Crippen LogP contribution in [0.4, 0.5) is 0 Å². The fourth-order valence-corrected chi connectivity index (χ4v) is 2.38. The molecule has 2 aromatic heterocycles. The van der Waals surface area contributed by atoms with Gasteiger partial charge in [-0.05, 0) is 12.5 Å². The molecular weight excluding hydrogens is 348 g/mol. The van der Waals surface area contributed by atoms with E-state index in [0.29, 0.717) is 25.3 Å². The van der Waals surface area contributed by atoms with Crippen molar-refractivity contribution in [1.29, 1.82) is 0 Å². The van der Waals surface area contributed by atoms with E-state index < -0.39 is 5.91 Å². The molecule has 0 fully saturated rings. The third-order valence-corrected chi connectivity index (χ3v) is 3.77. The number of aromatic hydroxyl groups is 1. The molecule has 138 valence electrons. The van der Waals surface area contributed by atoms with Crippen LogP contribution in [0.15, 0.2) is 59.4 Å². The minimum atomic E-state index is -0.398. The Morgan fingerprint density at radius 2 is 1.78 bits per heavy atom. The van der Waals surface area contributed by atoms with Gasteiger partial charge in [0.05, 0.1) is 11.8 Å². The number of hydrogen-bond acceptors (Lipinski definition) is 6. The Labute approximate surface area is 155 Å². The van der Waals surface area contributed by atoms with Gasteiger partial charge in [0.15, 0.2) is 11.5 Å². The van der Waals surface area contributed by atoms with E-state index in [9.17, 15) is 14.7 Å². The Morgan fingerprint density at radius 3 is 2.52 bits per heavy atom. The molecule has 0 bridgehead atoms. The van der Waals surface area contributed by atoms with Crippen molar-refractivity contribution in [1.82, 2.24) is 20.8 Å². The van der Waals surface area contributed by atoms with Crippen LogP contribution in [-0.2, 0) is 0 Å². The lowest BCUT2D eigenvalue weighted by Crippen LogP contribution is -2.30. The zero-order valence-corrected chi connectivity index (χ0v) is 14.4. The van der Waals surface area contributed by atoms with Gasteiger partial charge in [0, 0.05) is 30.9 Å². The molecule has 8 heteroatoms. The molecule has 2 heterocycles. The molecule has 0 aliphatic heterocycles. The molecule has 27 heavy (non-hydrogen) atoms. The highest BCUT2D eigenvalue weighted by molar-refractivity contribution is 5.96. The first-order valence-corrected chi connectivity index (χ1v) is 8.36. The second-order valence-corrected chi connectivity index (χ2v) is 5.70. The second-order valence-electron chi connectivity index (χ2n) is 5.70. The van der Waals surface area contributed by atoms with Gasteiger partial charge in [0.25, 0.3) is 11.8 Å². The lowest BCUT2D eigenvalue weighted by molar-refractivity contribution is 0.0944. The number of benzene rings is 1. The molecule has 0 atom stereocenters. The average molecular weight is 366 g/mol. The minimum absolute atomic E-state index is 0.157. The molecule has 0 saturated carbocycles. The number of carbonyl (C=O) groups excluding carboxylic acids is 2. The summed E-state index contributed by atoms with van der Waals surface area (Å²) in [6, 6.07) is 12.4. The summed E-state index contributed by atoms with van der Waals surface area (Å²) in [4.78, 5) is 27.7. The summed E-state index contributed by atoms with van der Waals surface area (Å²) in [5.41, 5.74) is 1.19. The number of rotatable bonds is 7. The van der Waals surface area contributed by atoms with E-state index in [2.05, 4.69) is 20.8 Å². The summed E-state index contributed by atoms with van der Waals surface area (Å²) in [5.74, 6) is -0.405. The van der Waals surface area contributed by atoms with Crippen LogP contribution in [0.25, 0.3) is 11.3 Å². The third kappa shape index (κ3) is 4.69. The van der Waals surface area contributed by atoms with E-state index in [4.69, 9.17) is 4.52 Å². The maximum atomic E-state index is 12.1. The molecule has 1 aromatic carbocycles. The van der Waals surface area contributed by atoms with Crippen molar-refractivity contribution in [2.24, 2.45) is 0 Å². The molecule has 0 aliphatic carbocycles. The van der Waals surface area contributed by atoms with E-state index in [0.717, 1.165) is 5.56 Å². The number of nitrogens with one attached hydrogen (secondary N) is 2. The lowest BCUT2D eigenvalue weighted by Gasteiger charge is -2.06. The number of hydrogen-bond donors (Lipinski definition) is 3. The van der Waals surface area contributed by atoms with Crippen molar-refractivity contribution in [3.8, 4) is 17.1 Å². The normalized spacial score (nSPS) is 10.4. The number of pyridine rings is 1. The summed E-state index contributed by atoms with van der Waals surface area (Å²) in [6.45, 7) is 0.698. The van der Waals surface area contributed by atoms with Crippen LogP contribution in [0.1, 0.15) is 27.3 Å². The Hall–Kier alpha value is -3.68. The summed E-state index contributed by atoms with van der Waals surface area (Å²) >= 11 is 0. The Bertz CT molecular complexity index is 924. The summed E-state index contributed by atoms with van der Waals surface area (Å²) in [6.07, 6.45) is 3.15. The monoisotopic (exact) mass is 366 g/mol. The summed E-state index contributed by atoms with van der Waals surface area (Å²) in [5, 5.41) is 18.7. The molecule has 3 rings (SSSR count). The molecule has 2 amide bonds. The molecule has 3 N–H and O–H groups in total. The van der Waals surface area contributed by atoms with Crippen LogP contribution < -0.4 is 10.6 Å². The maximum Gasteiger partial charge on any atom is 0.273 e. The van der Waals surface area contributed by atoms with Crippen LogP contribution in [0.5, 0.6) is 5.75 Å². The minimum Gasteiger partial charge on any atom is -0.505 e. The van der Waals surface area contributed by atoms with Gasteiger partial charge in [-0.3, -0.25) is 14.6 Å². The van der Waals surface area contributed by atoms with E-state index in [1.54, 1.807) is 6.07 Å². The van der Waals surface area contributed by atoms with Crippen LogP contribution in [-0.4, -0.2) is 40.2 Å². The molecule has 8 nitrogen and oxygen atoms in total. The largest absolute Gasteiger partial charge is 0.505 e. The van der Waals surface area contributed by atoms with Crippen LogP contribution in [0.3, 0.4) is 0 Å². The SMILES string of the molecule is O=C(NCCCNC(=O)c1ccncc1O)c1cc(-c2ccccc2)on1. The van der Waals surface area contributed by atoms with Crippen molar-refractivity contribution in [3.05, 3.63) is 66.1 Å². The van der Waals surface area contributed by atoms with Gasteiger partial charge in [-0.15, -0.1) is 0 Å². The first-order chi connectivity index (χ1) is 13.1. The maximum absolute atomic E-state index is 12.1. The van der Waals surface area contributed by atoms with Crippen molar-refractivity contribution in [2.75, 3.05) is 13.1 Å². The fourth-order valence-electron chi connectivity index (χ4n) is 2.38. The second kappa shape index (κ2) is 8.61. The number of aromatic nitrogens is 2. The molecule has 3 aromatic rings. The van der Waals surface area contributed by atoms with Crippen LogP contribution >= 0.6 is 0 Å². The quantitative estimate of drug-likeness (QED) is 0.551. The Kier molecular flexibility index (Phi) is 5.78. The first-order valence-electron chi connectivity index (χ1n) is 8.36. The Balaban J connectivity index is 1.42. The summed E-state index contributed by atoms with van der Waals surface area (Å²) in [7, 11) is 0. The van der Waals surface area contributed by atoms with Crippen LogP contribution in [0, 0.1) is 0 Å². The predicted molar refractivity (Wildman–Crippen MR) is 97.1 cm³/mol. The number of nitrogens with zero attached hydrogens (tertiary/aromatic N) is 2. The zero-order valence-electron chi connectivity index (χ0n) is 14.4. The number of amides is 2. The smallest absolute Gasteiger partial charge is 0.273 e. The van der Waals surface area contributed by atoms with Crippen molar-refractivity contribution >= 4 is 11.8 Å². The van der Waals surface area contributed by atoms with Gasteiger partial charge >= 0.3 is 0 Å². The fraction of sp³-hybridized carbons (Fsp3) is 0.158. The molecule has 0 saturated heterocycles. The molecule has 0 radical (unpaired) electrons. The standard InChI is InChI=1S/C19H18N4O4/c24-16-12-20-10-7-14(16)18(25)21-8-4-9-22-19(26)15-11-17(27-23-15)13-5-2-1-3-6-13/h1-3,5-7,10-12,24H,4,8-9H2,(H,21,25)(H,22,26). The van der Waals surface area contributed by atoms with E-state index in [-0.39, 0.29) is 22.9 Å². The highest BCUT2D eigenvalue weighted by atomic mass is 16.5. The van der Waals surface area contributed by atoms with Crippen molar-refractivity contribution < 1.29 is 19.2 Å². The zero-order chi connectivity index (χ0) is 19.1. The highest BCUT2D eigenvalue weighted by Crippen LogP contribution is 2.19. The van der Waals surface area contributed by atoms with Gasteiger partial charge in [0.2, 0.25) is 0 Å². The van der Waals surface area contributed by atoms with Gasteiger partial charge in [-0.25, -0.2) is 0 Å². The third-order valence-electron chi connectivity index (χ3n) is 3.77. The summed E-state index contributed by atoms with van der Waals surface area (Å²) < 4.78 is 5.19. The van der Waals surface area contributed by atoms with Gasteiger partial charge in [-0.1, -0.05) is 35.5 Å². The Morgan fingerprint density at radius 1 is 1.04 bits per heavy atom. The average Bonchev–Trinajstić information content (AvgIpc) is 3.19. The van der Waals surface area contributed by atoms with E-state index >= 15 is 0 Å². The van der Waals surface area contributed by atoms with Gasteiger partial charge in [-0.2, -0.15) is 0 Å². The van der Waals surface area contributed by atoms with Crippen LogP contribution in [0.2, 0.25) is 0 Å². The van der Waals surface area contributed by atoms with E-state index in [1.165, 1.54) is 18.5 Å². The molecule has 0 aliphatic rings.